The number of hydrogen-bond acceptors (Lipinski definition) is 3. The van der Waals surface area contributed by atoms with Crippen LogP contribution in [0.5, 0.6) is 0 Å². The van der Waals surface area contributed by atoms with E-state index in [1.807, 2.05) is 27.7 Å². The van der Waals surface area contributed by atoms with Crippen molar-refractivity contribution in [3.05, 3.63) is 34.1 Å². The van der Waals surface area contributed by atoms with E-state index < -0.39 is 6.04 Å². The SMILES string of the molecule is CCOC(C(NN)c1cccc(Br)c1F)C(C)(C)C. The largest absolute Gasteiger partial charge is 0.376 e. The van der Waals surface area contributed by atoms with E-state index in [-0.39, 0.29) is 17.3 Å². The van der Waals surface area contributed by atoms with Crippen molar-refractivity contribution in [2.24, 2.45) is 11.3 Å². The molecule has 1 aromatic rings. The molecule has 1 aromatic carbocycles. The lowest BCUT2D eigenvalue weighted by Gasteiger charge is -2.36. The van der Waals surface area contributed by atoms with E-state index in [0.29, 0.717) is 16.6 Å². The quantitative estimate of drug-likeness (QED) is 0.640. The molecule has 5 heteroatoms. The molecule has 2 unspecified atom stereocenters. The summed E-state index contributed by atoms with van der Waals surface area (Å²) in [6.07, 6.45) is -0.230. The Morgan fingerprint density at radius 3 is 2.53 bits per heavy atom. The molecule has 0 amide bonds. The van der Waals surface area contributed by atoms with E-state index >= 15 is 0 Å². The lowest BCUT2D eigenvalue weighted by Crippen LogP contribution is -2.45. The molecule has 1 rings (SSSR count). The van der Waals surface area contributed by atoms with Crippen LogP contribution >= 0.6 is 15.9 Å². The topological polar surface area (TPSA) is 47.3 Å². The summed E-state index contributed by atoms with van der Waals surface area (Å²) >= 11 is 3.20. The summed E-state index contributed by atoms with van der Waals surface area (Å²) in [5, 5.41) is 0. The zero-order valence-corrected chi connectivity index (χ0v) is 13.4. The van der Waals surface area contributed by atoms with E-state index in [0.717, 1.165) is 0 Å². The summed E-state index contributed by atoms with van der Waals surface area (Å²) in [4.78, 5) is 0. The van der Waals surface area contributed by atoms with Gasteiger partial charge >= 0.3 is 0 Å². The summed E-state index contributed by atoms with van der Waals surface area (Å²) in [5.74, 6) is 5.33. The molecule has 0 heterocycles. The lowest BCUT2D eigenvalue weighted by molar-refractivity contribution is -0.0373. The van der Waals surface area contributed by atoms with E-state index in [9.17, 15) is 4.39 Å². The Morgan fingerprint density at radius 1 is 1.42 bits per heavy atom. The molecule has 0 spiro atoms. The minimum atomic E-state index is -0.405. The average molecular weight is 333 g/mol. The molecule has 3 N–H and O–H groups in total. The maximum Gasteiger partial charge on any atom is 0.142 e. The first kappa shape index (κ1) is 16.6. The fourth-order valence-electron chi connectivity index (χ4n) is 2.13. The van der Waals surface area contributed by atoms with E-state index in [2.05, 4.69) is 21.4 Å². The second-order valence-corrected chi connectivity index (χ2v) is 6.38. The Labute approximate surface area is 122 Å². The zero-order valence-electron chi connectivity index (χ0n) is 11.8. The Kier molecular flexibility index (Phi) is 5.92. The summed E-state index contributed by atoms with van der Waals surface area (Å²) in [6, 6.07) is 4.78. The summed E-state index contributed by atoms with van der Waals surface area (Å²) in [5.41, 5.74) is 3.03. The molecule has 0 bridgehead atoms. The van der Waals surface area contributed by atoms with Gasteiger partial charge in [0.2, 0.25) is 0 Å². The van der Waals surface area contributed by atoms with Gasteiger partial charge in [-0.3, -0.25) is 11.3 Å². The number of rotatable bonds is 5. The number of halogens is 2. The molecule has 0 saturated heterocycles. The van der Waals surface area contributed by atoms with Gasteiger partial charge in [-0.05, 0) is 34.3 Å². The van der Waals surface area contributed by atoms with Crippen molar-refractivity contribution in [1.29, 1.82) is 0 Å². The molecule has 108 valence electrons. The molecule has 0 fully saturated rings. The molecule has 0 aliphatic heterocycles. The normalized spacial score (nSPS) is 15.3. The molecule has 0 saturated carbocycles. The third-order valence-corrected chi connectivity index (χ3v) is 3.61. The van der Waals surface area contributed by atoms with Crippen molar-refractivity contribution >= 4 is 15.9 Å². The minimum Gasteiger partial charge on any atom is -0.376 e. The zero-order chi connectivity index (χ0) is 14.6. The van der Waals surface area contributed by atoms with Crippen LogP contribution < -0.4 is 11.3 Å². The van der Waals surface area contributed by atoms with Crippen molar-refractivity contribution in [3.63, 3.8) is 0 Å². The van der Waals surface area contributed by atoms with Gasteiger partial charge in [0.25, 0.3) is 0 Å². The van der Waals surface area contributed by atoms with Crippen LogP contribution in [-0.2, 0) is 4.74 Å². The van der Waals surface area contributed by atoms with Crippen LogP contribution in [0.2, 0.25) is 0 Å². The fourth-order valence-corrected chi connectivity index (χ4v) is 2.51. The minimum absolute atomic E-state index is 0.165. The first-order chi connectivity index (χ1) is 8.82. The lowest BCUT2D eigenvalue weighted by atomic mass is 9.82. The van der Waals surface area contributed by atoms with Gasteiger partial charge in [0.1, 0.15) is 5.82 Å². The highest BCUT2D eigenvalue weighted by atomic mass is 79.9. The average Bonchev–Trinajstić information content (AvgIpc) is 2.33. The summed E-state index contributed by atoms with van der Waals surface area (Å²) < 4.78 is 20.4. The van der Waals surface area contributed by atoms with Gasteiger partial charge in [0.15, 0.2) is 0 Å². The van der Waals surface area contributed by atoms with Crippen molar-refractivity contribution in [3.8, 4) is 0 Å². The van der Waals surface area contributed by atoms with Crippen LogP contribution in [0.3, 0.4) is 0 Å². The van der Waals surface area contributed by atoms with Crippen LogP contribution in [0.1, 0.15) is 39.3 Å². The Bertz CT molecular complexity index is 420. The van der Waals surface area contributed by atoms with Crippen molar-refractivity contribution in [1.82, 2.24) is 5.43 Å². The molecular weight excluding hydrogens is 311 g/mol. The van der Waals surface area contributed by atoms with Crippen LogP contribution in [0.4, 0.5) is 4.39 Å². The van der Waals surface area contributed by atoms with Gasteiger partial charge in [-0.2, -0.15) is 0 Å². The number of benzene rings is 1. The first-order valence-corrected chi connectivity index (χ1v) is 7.13. The van der Waals surface area contributed by atoms with Gasteiger partial charge in [-0.25, -0.2) is 4.39 Å². The second-order valence-electron chi connectivity index (χ2n) is 5.53. The Balaban J connectivity index is 3.20. The number of nitrogens with one attached hydrogen (secondary N) is 1. The molecule has 0 aromatic heterocycles. The molecular formula is C14H22BrFN2O. The third kappa shape index (κ3) is 3.99. The van der Waals surface area contributed by atoms with Crippen LogP contribution in [-0.4, -0.2) is 12.7 Å². The van der Waals surface area contributed by atoms with E-state index in [1.165, 1.54) is 0 Å². The molecule has 3 nitrogen and oxygen atoms in total. The number of nitrogens with two attached hydrogens (primary N) is 1. The highest BCUT2D eigenvalue weighted by Gasteiger charge is 2.35. The van der Waals surface area contributed by atoms with Crippen molar-refractivity contribution < 1.29 is 9.13 Å². The van der Waals surface area contributed by atoms with Crippen molar-refractivity contribution in [2.45, 2.75) is 39.8 Å². The fraction of sp³-hybridized carbons (Fsp3) is 0.571. The molecule has 0 radical (unpaired) electrons. The third-order valence-electron chi connectivity index (χ3n) is 3.00. The van der Waals surface area contributed by atoms with Crippen LogP contribution in [0.15, 0.2) is 22.7 Å². The van der Waals surface area contributed by atoms with E-state index in [1.54, 1.807) is 18.2 Å². The molecule has 0 aliphatic rings. The monoisotopic (exact) mass is 332 g/mol. The molecule has 2 atom stereocenters. The molecule has 0 aliphatic carbocycles. The van der Waals surface area contributed by atoms with Gasteiger partial charge in [-0.1, -0.05) is 32.9 Å². The standard InChI is InChI=1S/C14H22BrFN2O/c1-5-19-13(14(2,3)4)12(18-17)9-7-6-8-10(15)11(9)16/h6-8,12-13,18H,5,17H2,1-4H3. The predicted molar refractivity (Wildman–Crippen MR) is 79.0 cm³/mol. The predicted octanol–water partition coefficient (Wildman–Crippen LogP) is 3.54. The van der Waals surface area contributed by atoms with Gasteiger partial charge in [0, 0.05) is 12.2 Å². The number of hydrogen-bond donors (Lipinski definition) is 2. The highest BCUT2D eigenvalue weighted by molar-refractivity contribution is 9.10. The summed E-state index contributed by atoms with van der Waals surface area (Å²) in [7, 11) is 0. The van der Waals surface area contributed by atoms with Crippen LogP contribution in [0.25, 0.3) is 0 Å². The van der Waals surface area contributed by atoms with Crippen molar-refractivity contribution in [2.75, 3.05) is 6.61 Å². The smallest absolute Gasteiger partial charge is 0.142 e. The van der Waals surface area contributed by atoms with Gasteiger partial charge < -0.3 is 4.74 Å². The number of ether oxygens (including phenoxy) is 1. The maximum atomic E-state index is 14.2. The maximum absolute atomic E-state index is 14.2. The van der Waals surface area contributed by atoms with E-state index in [4.69, 9.17) is 10.6 Å². The second kappa shape index (κ2) is 6.79. The highest BCUT2D eigenvalue weighted by Crippen LogP contribution is 2.34. The Hall–Kier alpha value is -0.490. The summed E-state index contributed by atoms with van der Waals surface area (Å²) in [6.45, 7) is 8.62. The molecule has 19 heavy (non-hydrogen) atoms. The number of hydrazine groups is 1. The Morgan fingerprint density at radius 2 is 2.05 bits per heavy atom. The first-order valence-electron chi connectivity index (χ1n) is 6.34. The van der Waals surface area contributed by atoms with Crippen LogP contribution in [0, 0.1) is 11.2 Å². The van der Waals surface area contributed by atoms with Gasteiger partial charge in [-0.15, -0.1) is 0 Å². The van der Waals surface area contributed by atoms with Gasteiger partial charge in [0.05, 0.1) is 16.6 Å².